The molecular weight excluding hydrogens is 254 g/mol. The van der Waals surface area contributed by atoms with Crippen molar-refractivity contribution >= 4 is 11.9 Å². The van der Waals surface area contributed by atoms with Gasteiger partial charge in [-0.05, 0) is 19.8 Å². The average molecular weight is 273 g/mol. The Morgan fingerprint density at radius 2 is 2.05 bits per heavy atom. The van der Waals surface area contributed by atoms with Gasteiger partial charge in [0.25, 0.3) is 0 Å². The SMILES string of the molecule is CCOC(=O)/C=C/CCC(OC(C)=O)C(C)[N+](=O)[O-]. The minimum Gasteiger partial charge on any atom is -0.463 e. The van der Waals surface area contributed by atoms with E-state index in [0.717, 1.165) is 0 Å². The van der Waals surface area contributed by atoms with E-state index < -0.39 is 29.0 Å². The molecule has 2 atom stereocenters. The first-order valence-corrected chi connectivity index (χ1v) is 6.02. The van der Waals surface area contributed by atoms with Crippen LogP contribution in [0.15, 0.2) is 12.2 Å². The maximum Gasteiger partial charge on any atom is 0.330 e. The summed E-state index contributed by atoms with van der Waals surface area (Å²) in [5.74, 6) is -1.03. The van der Waals surface area contributed by atoms with Crippen LogP contribution < -0.4 is 0 Å². The maximum atomic E-state index is 11.0. The third kappa shape index (κ3) is 7.91. The second-order valence-corrected chi connectivity index (χ2v) is 3.91. The van der Waals surface area contributed by atoms with Crippen molar-refractivity contribution < 1.29 is 24.0 Å². The first kappa shape index (κ1) is 17.1. The molecule has 0 aromatic rings. The molecule has 0 N–H and O–H groups in total. The number of carbonyl (C=O) groups is 2. The number of carbonyl (C=O) groups excluding carboxylic acids is 2. The van der Waals surface area contributed by atoms with Gasteiger partial charge in [-0.3, -0.25) is 14.9 Å². The molecule has 0 radical (unpaired) electrons. The van der Waals surface area contributed by atoms with Crippen LogP contribution >= 0.6 is 0 Å². The number of hydrogen-bond donors (Lipinski definition) is 0. The van der Waals surface area contributed by atoms with Crippen molar-refractivity contribution in [2.45, 2.75) is 45.8 Å². The molecule has 0 saturated heterocycles. The van der Waals surface area contributed by atoms with Gasteiger partial charge in [-0.1, -0.05) is 6.08 Å². The van der Waals surface area contributed by atoms with Gasteiger partial charge in [0, 0.05) is 24.8 Å². The standard InChI is InChI=1S/C12H19NO6/c1-4-18-12(15)8-6-5-7-11(19-10(3)14)9(2)13(16)17/h6,8-9,11H,4-5,7H2,1-3H3/b8-6+. The predicted molar refractivity (Wildman–Crippen MR) is 67.0 cm³/mol. The highest BCUT2D eigenvalue weighted by Gasteiger charge is 2.28. The smallest absolute Gasteiger partial charge is 0.330 e. The Morgan fingerprint density at radius 1 is 1.42 bits per heavy atom. The molecule has 0 aliphatic rings. The molecule has 0 aromatic carbocycles. The van der Waals surface area contributed by atoms with Gasteiger partial charge in [-0.25, -0.2) is 4.79 Å². The summed E-state index contributed by atoms with van der Waals surface area (Å²) >= 11 is 0. The average Bonchev–Trinajstić information content (AvgIpc) is 2.31. The van der Waals surface area contributed by atoms with Gasteiger partial charge in [0.1, 0.15) is 0 Å². The third-order valence-electron chi connectivity index (χ3n) is 2.35. The molecule has 0 bridgehead atoms. The molecule has 0 rings (SSSR count). The minimum atomic E-state index is -0.986. The molecule has 19 heavy (non-hydrogen) atoms. The van der Waals surface area contributed by atoms with E-state index in [1.165, 1.54) is 19.9 Å². The maximum absolute atomic E-state index is 11.0. The zero-order valence-electron chi connectivity index (χ0n) is 11.3. The molecule has 108 valence electrons. The van der Waals surface area contributed by atoms with Crippen LogP contribution in [0.2, 0.25) is 0 Å². The summed E-state index contributed by atoms with van der Waals surface area (Å²) in [4.78, 5) is 32.0. The zero-order chi connectivity index (χ0) is 14.8. The second kappa shape index (κ2) is 9.07. The van der Waals surface area contributed by atoms with Crippen molar-refractivity contribution in [3.63, 3.8) is 0 Å². The molecule has 0 spiro atoms. The molecule has 0 saturated carbocycles. The van der Waals surface area contributed by atoms with Gasteiger partial charge >= 0.3 is 11.9 Å². The fraction of sp³-hybridized carbons (Fsp3) is 0.667. The topological polar surface area (TPSA) is 95.7 Å². The van der Waals surface area contributed by atoms with Gasteiger partial charge in [0.15, 0.2) is 6.10 Å². The summed E-state index contributed by atoms with van der Waals surface area (Å²) in [5, 5.41) is 10.7. The van der Waals surface area contributed by atoms with Crippen LogP contribution in [-0.4, -0.2) is 35.6 Å². The third-order valence-corrected chi connectivity index (χ3v) is 2.35. The monoisotopic (exact) mass is 273 g/mol. The normalized spacial score (nSPS) is 13.8. The quantitative estimate of drug-likeness (QED) is 0.288. The van der Waals surface area contributed by atoms with Crippen LogP contribution in [0.4, 0.5) is 0 Å². The Morgan fingerprint density at radius 3 is 2.53 bits per heavy atom. The first-order chi connectivity index (χ1) is 8.88. The number of esters is 2. The number of rotatable bonds is 8. The summed E-state index contributed by atoms with van der Waals surface area (Å²) in [6, 6.07) is -0.986. The van der Waals surface area contributed by atoms with Crippen molar-refractivity contribution in [3.8, 4) is 0 Å². The van der Waals surface area contributed by atoms with Crippen LogP contribution in [-0.2, 0) is 19.1 Å². The Hall–Kier alpha value is -1.92. The number of hydrogen-bond acceptors (Lipinski definition) is 6. The molecule has 0 amide bonds. The lowest BCUT2D eigenvalue weighted by atomic mass is 10.1. The van der Waals surface area contributed by atoms with E-state index in [-0.39, 0.29) is 13.0 Å². The Labute approximate surface area is 111 Å². The molecule has 7 heteroatoms. The molecule has 0 aliphatic heterocycles. The van der Waals surface area contributed by atoms with Crippen molar-refractivity contribution in [2.24, 2.45) is 0 Å². The first-order valence-electron chi connectivity index (χ1n) is 6.02. The van der Waals surface area contributed by atoms with E-state index in [9.17, 15) is 19.7 Å². The largest absolute Gasteiger partial charge is 0.463 e. The fourth-order valence-electron chi connectivity index (χ4n) is 1.38. The van der Waals surface area contributed by atoms with E-state index in [1.807, 2.05) is 0 Å². The summed E-state index contributed by atoms with van der Waals surface area (Å²) in [5.41, 5.74) is 0. The van der Waals surface area contributed by atoms with Gasteiger partial charge < -0.3 is 9.47 Å². The van der Waals surface area contributed by atoms with E-state index in [0.29, 0.717) is 6.42 Å². The lowest BCUT2D eigenvalue weighted by Crippen LogP contribution is -2.34. The summed E-state index contributed by atoms with van der Waals surface area (Å²) in [7, 11) is 0. The van der Waals surface area contributed by atoms with Gasteiger partial charge in [-0.15, -0.1) is 0 Å². The molecule has 0 aliphatic carbocycles. The fourth-order valence-corrected chi connectivity index (χ4v) is 1.38. The van der Waals surface area contributed by atoms with Crippen molar-refractivity contribution in [1.29, 1.82) is 0 Å². The highest BCUT2D eigenvalue weighted by atomic mass is 16.6. The number of nitro groups is 1. The zero-order valence-corrected chi connectivity index (χ0v) is 11.3. The summed E-state index contributed by atoms with van der Waals surface area (Å²) in [6.45, 7) is 4.57. The summed E-state index contributed by atoms with van der Waals surface area (Å²) < 4.78 is 9.58. The van der Waals surface area contributed by atoms with Crippen LogP contribution in [0.5, 0.6) is 0 Å². The Bertz CT molecular complexity index is 352. The highest BCUT2D eigenvalue weighted by Crippen LogP contribution is 2.11. The van der Waals surface area contributed by atoms with Gasteiger partial charge in [-0.2, -0.15) is 0 Å². The molecule has 0 aromatic heterocycles. The van der Waals surface area contributed by atoms with Gasteiger partial charge in [0.2, 0.25) is 6.04 Å². The molecular formula is C12H19NO6. The second-order valence-electron chi connectivity index (χ2n) is 3.91. The van der Waals surface area contributed by atoms with E-state index in [2.05, 4.69) is 4.74 Å². The predicted octanol–water partition coefficient (Wildman–Crippen LogP) is 1.48. The molecule has 0 heterocycles. The minimum absolute atomic E-state index is 0.275. The van der Waals surface area contributed by atoms with Crippen molar-refractivity contribution in [1.82, 2.24) is 0 Å². The summed E-state index contributed by atoms with van der Waals surface area (Å²) in [6.07, 6.45) is 2.65. The molecule has 7 nitrogen and oxygen atoms in total. The van der Waals surface area contributed by atoms with Crippen LogP contribution in [0.3, 0.4) is 0 Å². The number of allylic oxidation sites excluding steroid dienone is 1. The van der Waals surface area contributed by atoms with Crippen LogP contribution in [0.1, 0.15) is 33.6 Å². The number of nitrogens with zero attached hydrogens (tertiary/aromatic N) is 1. The molecule has 0 fully saturated rings. The van der Waals surface area contributed by atoms with E-state index >= 15 is 0 Å². The lowest BCUT2D eigenvalue weighted by Gasteiger charge is -2.17. The van der Waals surface area contributed by atoms with Crippen LogP contribution in [0, 0.1) is 10.1 Å². The van der Waals surface area contributed by atoms with Gasteiger partial charge in [0.05, 0.1) is 6.61 Å². The van der Waals surface area contributed by atoms with E-state index in [4.69, 9.17) is 4.74 Å². The molecule has 2 unspecified atom stereocenters. The Kier molecular flexibility index (Phi) is 8.15. The van der Waals surface area contributed by atoms with Crippen LogP contribution in [0.25, 0.3) is 0 Å². The Balaban J connectivity index is 4.30. The lowest BCUT2D eigenvalue weighted by molar-refractivity contribution is -0.529. The van der Waals surface area contributed by atoms with Crippen molar-refractivity contribution in [3.05, 3.63) is 22.3 Å². The highest BCUT2D eigenvalue weighted by molar-refractivity contribution is 5.81. The van der Waals surface area contributed by atoms with Crippen molar-refractivity contribution in [2.75, 3.05) is 6.61 Å². The number of ether oxygens (including phenoxy) is 2. The van der Waals surface area contributed by atoms with E-state index in [1.54, 1.807) is 13.0 Å².